The van der Waals surface area contributed by atoms with Gasteiger partial charge in [-0.1, -0.05) is 33.3 Å². The number of furan rings is 1. The van der Waals surface area contributed by atoms with Gasteiger partial charge in [0.2, 0.25) is 0 Å². The van der Waals surface area contributed by atoms with Crippen LogP contribution in [0, 0.1) is 28.1 Å². The molecular formula is C29H36O10. The molecule has 0 amide bonds. The molecule has 2 heterocycles. The largest absolute Gasteiger partial charge is 0.472 e. The van der Waals surface area contributed by atoms with Crippen molar-refractivity contribution in [1.29, 1.82) is 0 Å². The number of cyclic esters (lactones) is 1. The second-order valence-corrected chi connectivity index (χ2v) is 12.6. The van der Waals surface area contributed by atoms with Crippen LogP contribution >= 0.6 is 0 Å². The van der Waals surface area contributed by atoms with Gasteiger partial charge in [-0.05, 0) is 30.4 Å². The number of hydrogen-bond donors (Lipinski definition) is 2. The van der Waals surface area contributed by atoms with Crippen LogP contribution < -0.4 is 0 Å². The van der Waals surface area contributed by atoms with Crippen molar-refractivity contribution < 1.29 is 48.0 Å². The monoisotopic (exact) mass is 544 g/mol. The Morgan fingerprint density at radius 2 is 1.87 bits per heavy atom. The first-order valence-electron chi connectivity index (χ1n) is 13.3. The number of methoxy groups -OCH3 is 1. The molecule has 2 bridgehead atoms. The lowest BCUT2D eigenvalue weighted by Gasteiger charge is -2.66. The average Bonchev–Trinajstić information content (AvgIpc) is 3.39. The number of rotatable bonds is 4. The van der Waals surface area contributed by atoms with Crippen LogP contribution in [-0.2, 0) is 33.4 Å². The van der Waals surface area contributed by atoms with E-state index in [0.717, 1.165) is 12.7 Å². The number of carbonyl (C=O) groups is 4. The Hall–Kier alpha value is -2.98. The summed E-state index contributed by atoms with van der Waals surface area (Å²) in [6.07, 6.45) is 0.208. The van der Waals surface area contributed by atoms with E-state index in [9.17, 15) is 29.4 Å². The van der Waals surface area contributed by atoms with E-state index in [2.05, 4.69) is 0 Å². The highest BCUT2D eigenvalue weighted by Gasteiger charge is 2.75. The molecule has 1 aromatic rings. The van der Waals surface area contributed by atoms with Crippen LogP contribution in [0.3, 0.4) is 0 Å². The van der Waals surface area contributed by atoms with Crippen molar-refractivity contribution in [3.05, 3.63) is 35.3 Å². The summed E-state index contributed by atoms with van der Waals surface area (Å²) in [5, 5.41) is 23.6. The van der Waals surface area contributed by atoms with Gasteiger partial charge in [0.25, 0.3) is 0 Å². The summed E-state index contributed by atoms with van der Waals surface area (Å²) in [4.78, 5) is 52.3. The number of Topliss-reactive ketones (excluding diaryl/α,β-unsaturated/α-hetero) is 1. The molecule has 3 fully saturated rings. The molecule has 0 aromatic carbocycles. The molecule has 4 aliphatic rings. The van der Waals surface area contributed by atoms with E-state index in [1.54, 1.807) is 33.1 Å². The predicted octanol–water partition coefficient (Wildman–Crippen LogP) is 2.81. The Kier molecular flexibility index (Phi) is 6.20. The molecule has 2 N–H and O–H groups in total. The van der Waals surface area contributed by atoms with Gasteiger partial charge in [0.15, 0.2) is 17.5 Å². The van der Waals surface area contributed by atoms with E-state index in [4.69, 9.17) is 18.6 Å². The zero-order chi connectivity index (χ0) is 28.7. The third-order valence-electron chi connectivity index (χ3n) is 10.1. The average molecular weight is 545 g/mol. The SMILES string of the molecule is COC(=O)[C@@H](O)[C@H]1C(C)(C)[C@H](OC(C)=O)[C@]2(O)CC3=C4CC(=O)O[C@@H](c5ccoc5)[C@]4(C)CC[C@@H]3[C@@]1(C)C2=O. The number of hydrogen-bond acceptors (Lipinski definition) is 10. The normalized spacial score (nSPS) is 39.7. The van der Waals surface area contributed by atoms with Crippen molar-refractivity contribution in [3.8, 4) is 0 Å². The molecule has 39 heavy (non-hydrogen) atoms. The first kappa shape index (κ1) is 27.6. The van der Waals surface area contributed by atoms with Gasteiger partial charge >= 0.3 is 17.9 Å². The number of ketones is 1. The van der Waals surface area contributed by atoms with Gasteiger partial charge < -0.3 is 28.8 Å². The van der Waals surface area contributed by atoms with E-state index < -0.39 is 75.7 Å². The summed E-state index contributed by atoms with van der Waals surface area (Å²) in [6, 6.07) is 1.75. The third-order valence-corrected chi connectivity index (χ3v) is 10.1. The summed E-state index contributed by atoms with van der Waals surface area (Å²) < 4.78 is 21.6. The van der Waals surface area contributed by atoms with Gasteiger partial charge in [0.1, 0.15) is 12.2 Å². The molecule has 0 spiro atoms. The minimum atomic E-state index is -2.14. The van der Waals surface area contributed by atoms with Crippen LogP contribution in [0.15, 0.2) is 34.2 Å². The Morgan fingerprint density at radius 1 is 1.18 bits per heavy atom. The maximum atomic E-state index is 14.3. The molecule has 1 saturated heterocycles. The van der Waals surface area contributed by atoms with Gasteiger partial charge in [-0.2, -0.15) is 0 Å². The lowest BCUT2D eigenvalue weighted by atomic mass is 9.39. The Labute approximate surface area is 226 Å². The fourth-order valence-electron chi connectivity index (χ4n) is 8.67. The lowest BCUT2D eigenvalue weighted by molar-refractivity contribution is -0.246. The molecule has 10 heteroatoms. The third kappa shape index (κ3) is 3.60. The number of aliphatic hydroxyl groups excluding tert-OH is 1. The van der Waals surface area contributed by atoms with Crippen LogP contribution in [0.1, 0.15) is 72.0 Å². The van der Waals surface area contributed by atoms with Crippen LogP contribution in [0.5, 0.6) is 0 Å². The first-order valence-corrected chi connectivity index (χ1v) is 13.3. The molecule has 5 rings (SSSR count). The topological polar surface area (TPSA) is 150 Å². The highest BCUT2D eigenvalue weighted by molar-refractivity contribution is 5.98. The van der Waals surface area contributed by atoms with Gasteiger partial charge in [-0.15, -0.1) is 0 Å². The molecule has 1 aliphatic heterocycles. The number of carbonyl (C=O) groups excluding carboxylic acids is 4. The molecule has 0 unspecified atom stereocenters. The van der Waals surface area contributed by atoms with E-state index in [1.165, 1.54) is 13.2 Å². The van der Waals surface area contributed by atoms with Crippen LogP contribution in [0.4, 0.5) is 0 Å². The molecule has 0 radical (unpaired) electrons. The van der Waals surface area contributed by atoms with Crippen molar-refractivity contribution in [1.82, 2.24) is 0 Å². The quantitative estimate of drug-likeness (QED) is 0.329. The number of aliphatic hydroxyl groups is 2. The summed E-state index contributed by atoms with van der Waals surface area (Å²) in [5.74, 6) is -4.21. The minimum Gasteiger partial charge on any atom is -0.472 e. The van der Waals surface area contributed by atoms with E-state index in [-0.39, 0.29) is 12.8 Å². The molecule has 3 aliphatic carbocycles. The van der Waals surface area contributed by atoms with Gasteiger partial charge in [0.05, 0.1) is 26.1 Å². The first-order chi connectivity index (χ1) is 18.1. The number of esters is 3. The lowest BCUT2D eigenvalue weighted by Crippen LogP contribution is -2.76. The maximum Gasteiger partial charge on any atom is 0.335 e. The molecule has 2 saturated carbocycles. The second-order valence-electron chi connectivity index (χ2n) is 12.6. The maximum absolute atomic E-state index is 14.3. The van der Waals surface area contributed by atoms with E-state index in [1.807, 2.05) is 6.92 Å². The Morgan fingerprint density at radius 3 is 2.46 bits per heavy atom. The van der Waals surface area contributed by atoms with Crippen molar-refractivity contribution in [2.75, 3.05) is 7.11 Å². The fourth-order valence-corrected chi connectivity index (χ4v) is 8.67. The Bertz CT molecular complexity index is 1260. The molecule has 8 atom stereocenters. The summed E-state index contributed by atoms with van der Waals surface area (Å²) in [7, 11) is 1.15. The second kappa shape index (κ2) is 8.76. The fraction of sp³-hybridized carbons (Fsp3) is 0.655. The van der Waals surface area contributed by atoms with Crippen molar-refractivity contribution in [3.63, 3.8) is 0 Å². The van der Waals surface area contributed by atoms with Crippen LogP contribution in [0.2, 0.25) is 0 Å². The Balaban J connectivity index is 1.76. The zero-order valence-electron chi connectivity index (χ0n) is 23.1. The highest BCUT2D eigenvalue weighted by atomic mass is 16.6. The van der Waals surface area contributed by atoms with Gasteiger partial charge in [0, 0.05) is 41.1 Å². The van der Waals surface area contributed by atoms with Gasteiger partial charge in [-0.25, -0.2) is 4.79 Å². The minimum absolute atomic E-state index is 0.0249. The van der Waals surface area contributed by atoms with E-state index >= 15 is 0 Å². The molecule has 1 aromatic heterocycles. The summed E-state index contributed by atoms with van der Waals surface area (Å²) in [5.41, 5.74) is -3.24. The standard InChI is InChI=1S/C29H36O10/c1-14(30)38-25-26(2,3)21(20(32)23(33)36-6)28(5)17-7-9-27(4)18(16(17)12-29(25,35)24(28)34)11-19(31)39-22(27)15-8-10-37-13-15/h8,10,13,17,20-22,25,32,35H,7,9,11-12H2,1-6H3/t17-,20-,21-,22-,25-,27+,28+,29-/m0/s1. The summed E-state index contributed by atoms with van der Waals surface area (Å²) in [6.45, 7) is 8.23. The van der Waals surface area contributed by atoms with E-state index in [0.29, 0.717) is 24.0 Å². The molecular weight excluding hydrogens is 508 g/mol. The summed E-state index contributed by atoms with van der Waals surface area (Å²) >= 11 is 0. The number of fused-ring (bicyclic) bond motifs is 5. The van der Waals surface area contributed by atoms with Crippen molar-refractivity contribution in [2.24, 2.45) is 28.1 Å². The highest BCUT2D eigenvalue weighted by Crippen LogP contribution is 2.68. The van der Waals surface area contributed by atoms with Crippen molar-refractivity contribution in [2.45, 2.75) is 84.2 Å². The molecule has 212 valence electrons. The zero-order valence-corrected chi connectivity index (χ0v) is 23.1. The number of ether oxygens (including phenoxy) is 3. The van der Waals surface area contributed by atoms with Gasteiger partial charge in [-0.3, -0.25) is 14.4 Å². The van der Waals surface area contributed by atoms with Crippen LogP contribution in [0.25, 0.3) is 0 Å². The predicted molar refractivity (Wildman–Crippen MR) is 134 cm³/mol. The van der Waals surface area contributed by atoms with Crippen molar-refractivity contribution >= 4 is 23.7 Å². The molecule has 10 nitrogen and oxygen atoms in total. The van der Waals surface area contributed by atoms with Crippen LogP contribution in [-0.4, -0.2) is 58.8 Å². The smallest absolute Gasteiger partial charge is 0.335 e.